The second kappa shape index (κ2) is 14.0. The first kappa shape index (κ1) is 28.6. The summed E-state index contributed by atoms with van der Waals surface area (Å²) in [5.41, 5.74) is 0.169. The van der Waals surface area contributed by atoms with Gasteiger partial charge in [0.2, 0.25) is 30.0 Å². The molecular weight excluding hydrogens is 472 g/mol. The molecule has 1 aliphatic heterocycles. The molecule has 1 saturated heterocycles. The molecule has 0 saturated carbocycles. The fourth-order valence-electron chi connectivity index (χ4n) is 2.76. The van der Waals surface area contributed by atoms with Crippen molar-refractivity contribution in [2.75, 3.05) is 32.4 Å². The first-order chi connectivity index (χ1) is 16.0. The number of carboxylic acid groups (broad SMARTS) is 2. The molecule has 0 aromatic carbocycles. The van der Waals surface area contributed by atoms with Crippen molar-refractivity contribution in [1.82, 2.24) is 20.4 Å². The average Bonchev–Trinajstić information content (AvgIpc) is 3.03. The zero-order valence-corrected chi connectivity index (χ0v) is 19.6. The lowest BCUT2D eigenvalue weighted by molar-refractivity contribution is -0.143. The maximum atomic E-state index is 12.3. The first-order valence-corrected chi connectivity index (χ1v) is 11.3. The number of likely N-dealkylation sites (N-methyl/N-ethyl adjacent to an activating group) is 1. The number of hydrogen-bond acceptors (Lipinski definition) is 8. The van der Waals surface area contributed by atoms with Gasteiger partial charge in [-0.2, -0.15) is 0 Å². The van der Waals surface area contributed by atoms with Gasteiger partial charge in [0, 0.05) is 44.4 Å². The van der Waals surface area contributed by atoms with Gasteiger partial charge in [-0.15, -0.1) is 11.8 Å². The van der Waals surface area contributed by atoms with Gasteiger partial charge in [-0.25, -0.2) is 4.79 Å². The van der Waals surface area contributed by atoms with E-state index >= 15 is 0 Å². The summed E-state index contributed by atoms with van der Waals surface area (Å²) in [5, 5.41) is 21.9. The molecule has 1 fully saturated rings. The van der Waals surface area contributed by atoms with Crippen molar-refractivity contribution in [3.8, 4) is 0 Å². The molecule has 0 aromatic rings. The number of carboxylic acids is 2. The smallest absolute Gasteiger partial charge is 0.326 e. The number of hydrogen-bond donors (Lipinski definition) is 4. The maximum absolute atomic E-state index is 12.3. The largest absolute Gasteiger partial charge is 0.481 e. The summed E-state index contributed by atoms with van der Waals surface area (Å²) in [4.78, 5) is 83.5. The van der Waals surface area contributed by atoms with Gasteiger partial charge in [0.05, 0.1) is 18.1 Å². The Hall–Kier alpha value is -3.42. The molecule has 1 aliphatic rings. The second-order valence-corrected chi connectivity index (χ2v) is 8.75. The summed E-state index contributed by atoms with van der Waals surface area (Å²) >= 11 is 1.08. The Morgan fingerprint density at radius 1 is 1.26 bits per heavy atom. The summed E-state index contributed by atoms with van der Waals surface area (Å²) in [5.74, 6) is -4.56. The predicted molar refractivity (Wildman–Crippen MR) is 119 cm³/mol. The minimum absolute atomic E-state index is 0.0559. The Morgan fingerprint density at radius 3 is 2.53 bits per heavy atom. The van der Waals surface area contributed by atoms with E-state index in [0.717, 1.165) is 16.7 Å². The van der Waals surface area contributed by atoms with Crippen molar-refractivity contribution in [3.05, 3.63) is 11.6 Å². The van der Waals surface area contributed by atoms with Gasteiger partial charge < -0.3 is 25.7 Å². The summed E-state index contributed by atoms with van der Waals surface area (Å²) in [6.45, 7) is 1.35. The number of thioether (sulfide) groups is 1. The monoisotopic (exact) mass is 500 g/mol. The molecule has 13 nitrogen and oxygen atoms in total. The Balaban J connectivity index is 2.51. The minimum atomic E-state index is -1.51. The van der Waals surface area contributed by atoms with Crippen molar-refractivity contribution < 1.29 is 43.8 Å². The highest BCUT2D eigenvalue weighted by Crippen LogP contribution is 2.25. The molecule has 2 unspecified atom stereocenters. The van der Waals surface area contributed by atoms with Gasteiger partial charge >= 0.3 is 11.9 Å². The Morgan fingerprint density at radius 2 is 1.94 bits per heavy atom. The van der Waals surface area contributed by atoms with Crippen LogP contribution in [0.4, 0.5) is 0 Å². The highest BCUT2D eigenvalue weighted by atomic mass is 32.2. The van der Waals surface area contributed by atoms with Crippen molar-refractivity contribution >= 4 is 53.7 Å². The predicted octanol–water partition coefficient (Wildman–Crippen LogP) is -1.57. The summed E-state index contributed by atoms with van der Waals surface area (Å²) in [6, 6.07) is -1.51. The lowest BCUT2D eigenvalue weighted by Crippen LogP contribution is -2.45. The Labute approximate surface area is 199 Å². The van der Waals surface area contributed by atoms with Gasteiger partial charge in [-0.05, 0) is 6.92 Å². The molecule has 5 amide bonds. The van der Waals surface area contributed by atoms with Crippen LogP contribution in [0.5, 0.6) is 0 Å². The standard InChI is InChI=1S/C20H28N4O9S/c1-12(3-6-23(2)11-25)18(30)22-13(20(32)33)9-15(26)21-5-7-24-16(27)10-14(19(24)31)34-8-4-17(28)29/h3,11,13-14H,4-10H2,1-2H3,(H,21,26)(H,22,30)(H,28,29)(H,32,33)/b12-3+. The fourth-order valence-corrected chi connectivity index (χ4v) is 3.87. The number of rotatable bonds is 15. The number of nitrogens with zero attached hydrogens (tertiary/aromatic N) is 2. The lowest BCUT2D eigenvalue weighted by atomic mass is 10.1. The average molecular weight is 501 g/mol. The molecular formula is C20H28N4O9S. The molecule has 2 atom stereocenters. The van der Waals surface area contributed by atoms with Crippen molar-refractivity contribution in [1.29, 1.82) is 0 Å². The van der Waals surface area contributed by atoms with Crippen LogP contribution in [0.2, 0.25) is 0 Å². The summed E-state index contributed by atoms with van der Waals surface area (Å²) in [6.07, 6.45) is 1.23. The molecule has 0 spiro atoms. The van der Waals surface area contributed by atoms with E-state index < -0.39 is 53.3 Å². The maximum Gasteiger partial charge on any atom is 0.326 e. The molecule has 4 N–H and O–H groups in total. The first-order valence-electron chi connectivity index (χ1n) is 10.3. The zero-order chi connectivity index (χ0) is 25.8. The van der Waals surface area contributed by atoms with E-state index in [-0.39, 0.29) is 43.8 Å². The third-order valence-electron chi connectivity index (χ3n) is 4.71. The Bertz CT molecular complexity index is 861. The van der Waals surface area contributed by atoms with E-state index in [0.29, 0.717) is 6.41 Å². The van der Waals surface area contributed by atoms with E-state index in [1.807, 2.05) is 0 Å². The Kier molecular flexibility index (Phi) is 11.8. The normalized spacial score (nSPS) is 16.7. The van der Waals surface area contributed by atoms with E-state index in [4.69, 9.17) is 5.11 Å². The SMILES string of the molecule is C/C(=C\CN(C)C=O)C(=O)NC(CC(=O)NCCN1C(=O)CC(SCCC(=O)O)C1=O)C(=O)O. The molecule has 188 valence electrons. The number of imide groups is 1. The minimum Gasteiger partial charge on any atom is -0.481 e. The van der Waals surface area contributed by atoms with E-state index in [2.05, 4.69) is 10.6 Å². The van der Waals surface area contributed by atoms with Crippen LogP contribution in [0.25, 0.3) is 0 Å². The molecule has 0 aliphatic carbocycles. The van der Waals surface area contributed by atoms with Crippen molar-refractivity contribution in [2.24, 2.45) is 0 Å². The van der Waals surface area contributed by atoms with Crippen molar-refractivity contribution in [3.63, 3.8) is 0 Å². The molecule has 34 heavy (non-hydrogen) atoms. The number of carbonyl (C=O) groups excluding carboxylic acids is 5. The van der Waals surface area contributed by atoms with Gasteiger partial charge in [-0.3, -0.25) is 33.7 Å². The molecule has 0 aromatic heterocycles. The number of amides is 5. The number of likely N-dealkylation sites (tertiary alicyclic amines) is 1. The van der Waals surface area contributed by atoms with Crippen molar-refractivity contribution in [2.45, 2.75) is 37.5 Å². The number of carbonyl (C=O) groups is 7. The van der Waals surface area contributed by atoms with E-state index in [1.54, 1.807) is 0 Å². The highest BCUT2D eigenvalue weighted by Gasteiger charge is 2.38. The van der Waals surface area contributed by atoms with Crippen LogP contribution in [0.1, 0.15) is 26.2 Å². The van der Waals surface area contributed by atoms with Crippen LogP contribution in [0.3, 0.4) is 0 Å². The van der Waals surface area contributed by atoms with E-state index in [9.17, 15) is 38.7 Å². The van der Waals surface area contributed by atoms with Crippen LogP contribution >= 0.6 is 11.8 Å². The van der Waals surface area contributed by atoms with Gasteiger partial charge in [0.1, 0.15) is 6.04 Å². The van der Waals surface area contributed by atoms with Crippen LogP contribution in [-0.4, -0.2) is 106 Å². The van der Waals surface area contributed by atoms with Gasteiger partial charge in [0.25, 0.3) is 0 Å². The third-order valence-corrected chi connectivity index (χ3v) is 5.92. The van der Waals surface area contributed by atoms with Crippen LogP contribution < -0.4 is 10.6 Å². The quantitative estimate of drug-likeness (QED) is 0.116. The molecule has 1 rings (SSSR count). The van der Waals surface area contributed by atoms with Crippen LogP contribution in [0, 0.1) is 0 Å². The van der Waals surface area contributed by atoms with Crippen LogP contribution in [-0.2, 0) is 33.6 Å². The second-order valence-electron chi connectivity index (χ2n) is 7.44. The molecule has 14 heteroatoms. The van der Waals surface area contributed by atoms with Gasteiger partial charge in [0.15, 0.2) is 0 Å². The highest BCUT2D eigenvalue weighted by molar-refractivity contribution is 8.00. The molecule has 0 bridgehead atoms. The third kappa shape index (κ3) is 9.60. The zero-order valence-electron chi connectivity index (χ0n) is 18.8. The van der Waals surface area contributed by atoms with E-state index in [1.165, 1.54) is 24.9 Å². The van der Waals surface area contributed by atoms with Crippen LogP contribution in [0.15, 0.2) is 11.6 Å². The summed E-state index contributed by atoms with van der Waals surface area (Å²) in [7, 11) is 1.50. The number of nitrogens with one attached hydrogen (secondary N) is 2. The fraction of sp³-hybridized carbons (Fsp3) is 0.550. The summed E-state index contributed by atoms with van der Waals surface area (Å²) < 4.78 is 0. The van der Waals surface area contributed by atoms with Gasteiger partial charge in [-0.1, -0.05) is 6.08 Å². The number of aliphatic carboxylic acids is 2. The molecule has 0 radical (unpaired) electrons. The topological polar surface area (TPSA) is 190 Å². The lowest BCUT2D eigenvalue weighted by Gasteiger charge is -2.17. The molecule has 1 heterocycles.